The van der Waals surface area contributed by atoms with Gasteiger partial charge in [-0.2, -0.15) is 0 Å². The summed E-state index contributed by atoms with van der Waals surface area (Å²) in [6, 6.07) is 7.56. The Labute approximate surface area is 138 Å². The van der Waals surface area contributed by atoms with Crippen LogP contribution in [0, 0.1) is 5.82 Å². The van der Waals surface area contributed by atoms with E-state index in [0.29, 0.717) is 16.3 Å². The highest BCUT2D eigenvalue weighted by molar-refractivity contribution is 6.36. The SMILES string of the molecule is Oc1c2c(Cl)cc(F)cc2cn1Cc1ccc(OC(F)(F)F)cc1. The molecule has 2 aromatic carbocycles. The molecule has 0 radical (unpaired) electrons. The molecule has 126 valence electrons. The Morgan fingerprint density at radius 2 is 1.79 bits per heavy atom. The highest BCUT2D eigenvalue weighted by Crippen LogP contribution is 2.34. The second kappa shape index (κ2) is 5.90. The van der Waals surface area contributed by atoms with Gasteiger partial charge in [0.05, 0.1) is 17.0 Å². The summed E-state index contributed by atoms with van der Waals surface area (Å²) in [5.74, 6) is -1.01. The Kier molecular flexibility index (Phi) is 4.04. The number of aromatic nitrogens is 1. The van der Waals surface area contributed by atoms with Crippen molar-refractivity contribution in [3.63, 3.8) is 0 Å². The van der Waals surface area contributed by atoms with E-state index in [4.69, 9.17) is 11.6 Å². The van der Waals surface area contributed by atoms with Gasteiger partial charge in [0.1, 0.15) is 11.6 Å². The molecule has 1 heterocycles. The number of fused-ring (bicyclic) bond motifs is 1. The average molecular weight is 360 g/mol. The molecular formula is C16H10ClF4NO2. The molecule has 8 heteroatoms. The van der Waals surface area contributed by atoms with Crippen molar-refractivity contribution >= 4 is 22.4 Å². The van der Waals surface area contributed by atoms with Crippen molar-refractivity contribution in [2.75, 3.05) is 0 Å². The van der Waals surface area contributed by atoms with Crippen molar-refractivity contribution in [2.45, 2.75) is 12.9 Å². The van der Waals surface area contributed by atoms with Crippen molar-refractivity contribution in [3.05, 3.63) is 59.0 Å². The lowest BCUT2D eigenvalue weighted by molar-refractivity contribution is -0.274. The molecule has 0 spiro atoms. The third kappa shape index (κ3) is 3.41. The quantitative estimate of drug-likeness (QED) is 0.661. The van der Waals surface area contributed by atoms with Crippen LogP contribution in [0.4, 0.5) is 17.6 Å². The van der Waals surface area contributed by atoms with Gasteiger partial charge in [-0.05, 0) is 29.8 Å². The number of nitrogens with zero attached hydrogens (tertiary/aromatic N) is 1. The van der Waals surface area contributed by atoms with Crippen LogP contribution >= 0.6 is 11.6 Å². The lowest BCUT2D eigenvalue weighted by Crippen LogP contribution is -2.17. The number of halogens is 5. The molecule has 3 rings (SSSR count). The van der Waals surface area contributed by atoms with E-state index in [1.165, 1.54) is 41.1 Å². The van der Waals surface area contributed by atoms with Crippen molar-refractivity contribution < 1.29 is 27.4 Å². The van der Waals surface area contributed by atoms with Gasteiger partial charge in [0.2, 0.25) is 5.88 Å². The van der Waals surface area contributed by atoms with Crippen LogP contribution in [0.2, 0.25) is 5.02 Å². The van der Waals surface area contributed by atoms with Gasteiger partial charge in [-0.25, -0.2) is 4.39 Å². The van der Waals surface area contributed by atoms with E-state index in [0.717, 1.165) is 6.07 Å². The fraction of sp³-hybridized carbons (Fsp3) is 0.125. The van der Waals surface area contributed by atoms with Crippen LogP contribution in [-0.2, 0) is 6.54 Å². The van der Waals surface area contributed by atoms with Crippen LogP contribution in [0.5, 0.6) is 11.6 Å². The van der Waals surface area contributed by atoms with E-state index < -0.39 is 12.2 Å². The minimum absolute atomic E-state index is 0.0789. The molecule has 0 bridgehead atoms. The number of hydrogen-bond donors (Lipinski definition) is 1. The van der Waals surface area contributed by atoms with E-state index in [-0.39, 0.29) is 23.2 Å². The number of hydrogen-bond acceptors (Lipinski definition) is 2. The molecule has 3 nitrogen and oxygen atoms in total. The number of rotatable bonds is 3. The predicted octanol–water partition coefficient (Wildman–Crippen LogP) is 5.09. The van der Waals surface area contributed by atoms with Crippen molar-refractivity contribution in [1.29, 1.82) is 0 Å². The van der Waals surface area contributed by atoms with Gasteiger partial charge < -0.3 is 14.4 Å². The first-order valence-corrected chi connectivity index (χ1v) is 7.12. The summed E-state index contributed by atoms with van der Waals surface area (Å²) in [4.78, 5) is 0. The highest BCUT2D eigenvalue weighted by Gasteiger charge is 2.30. The first kappa shape index (κ1) is 16.4. The fourth-order valence-electron chi connectivity index (χ4n) is 2.42. The van der Waals surface area contributed by atoms with Crippen LogP contribution in [0.15, 0.2) is 42.6 Å². The number of benzene rings is 2. The van der Waals surface area contributed by atoms with Gasteiger partial charge in [0.25, 0.3) is 0 Å². The monoisotopic (exact) mass is 359 g/mol. The smallest absolute Gasteiger partial charge is 0.494 e. The molecule has 0 aliphatic rings. The molecule has 0 saturated carbocycles. The summed E-state index contributed by atoms with van der Waals surface area (Å²) in [5, 5.41) is 11.0. The van der Waals surface area contributed by atoms with Gasteiger partial charge in [-0.3, -0.25) is 0 Å². The minimum atomic E-state index is -4.75. The van der Waals surface area contributed by atoms with E-state index in [2.05, 4.69) is 4.74 Å². The molecule has 0 unspecified atom stereocenters. The maximum Gasteiger partial charge on any atom is 0.573 e. The molecule has 0 aliphatic carbocycles. The number of aromatic hydroxyl groups is 1. The number of alkyl halides is 3. The van der Waals surface area contributed by atoms with E-state index in [1.54, 1.807) is 0 Å². The van der Waals surface area contributed by atoms with E-state index >= 15 is 0 Å². The molecule has 0 atom stereocenters. The second-order valence-corrected chi connectivity index (χ2v) is 5.53. The van der Waals surface area contributed by atoms with E-state index in [1.807, 2.05) is 0 Å². The van der Waals surface area contributed by atoms with Crippen LogP contribution in [0.3, 0.4) is 0 Å². The zero-order chi connectivity index (χ0) is 17.5. The van der Waals surface area contributed by atoms with Crippen molar-refractivity contribution in [1.82, 2.24) is 4.57 Å². The van der Waals surface area contributed by atoms with Gasteiger partial charge in [0, 0.05) is 11.6 Å². The van der Waals surface area contributed by atoms with Crippen molar-refractivity contribution in [3.8, 4) is 11.6 Å². The molecule has 0 saturated heterocycles. The lowest BCUT2D eigenvalue weighted by Gasteiger charge is -2.10. The molecule has 0 aliphatic heterocycles. The third-order valence-corrected chi connectivity index (χ3v) is 3.68. The molecule has 1 aromatic heterocycles. The molecule has 0 fully saturated rings. The normalized spacial score (nSPS) is 11.9. The average Bonchev–Trinajstić information content (AvgIpc) is 2.76. The van der Waals surface area contributed by atoms with Crippen LogP contribution < -0.4 is 4.74 Å². The first-order chi connectivity index (χ1) is 11.2. The molecule has 1 N–H and O–H groups in total. The zero-order valence-electron chi connectivity index (χ0n) is 11.9. The summed E-state index contributed by atoms with van der Waals surface area (Å²) in [6.07, 6.45) is -3.24. The standard InChI is InChI=1S/C16H10ClF4NO2/c17-13-6-11(18)5-10-8-22(15(23)14(10)13)7-9-1-3-12(4-2-9)24-16(19,20)21/h1-6,8,23H,7H2. The molecular weight excluding hydrogens is 350 g/mol. The third-order valence-electron chi connectivity index (χ3n) is 3.39. The summed E-state index contributed by atoms with van der Waals surface area (Å²) < 4.78 is 55.0. The molecule has 0 amide bonds. The topological polar surface area (TPSA) is 34.4 Å². The maximum atomic E-state index is 13.4. The van der Waals surface area contributed by atoms with Crippen molar-refractivity contribution in [2.24, 2.45) is 0 Å². The molecule has 3 aromatic rings. The second-order valence-electron chi connectivity index (χ2n) is 5.12. The van der Waals surface area contributed by atoms with Gasteiger partial charge >= 0.3 is 6.36 Å². The van der Waals surface area contributed by atoms with Crippen LogP contribution in [0.25, 0.3) is 10.8 Å². The summed E-state index contributed by atoms with van der Waals surface area (Å²) in [5.41, 5.74) is 0.622. The van der Waals surface area contributed by atoms with E-state index in [9.17, 15) is 22.7 Å². The highest BCUT2D eigenvalue weighted by atomic mass is 35.5. The Morgan fingerprint density at radius 1 is 1.12 bits per heavy atom. The first-order valence-electron chi connectivity index (χ1n) is 6.74. The van der Waals surface area contributed by atoms with Gasteiger partial charge in [-0.1, -0.05) is 23.7 Å². The van der Waals surface area contributed by atoms with Crippen LogP contribution in [0.1, 0.15) is 5.56 Å². The number of ether oxygens (including phenoxy) is 1. The lowest BCUT2D eigenvalue weighted by atomic mass is 10.2. The summed E-state index contributed by atoms with van der Waals surface area (Å²) in [7, 11) is 0. The van der Waals surface area contributed by atoms with Gasteiger partial charge in [0.15, 0.2) is 0 Å². The Morgan fingerprint density at radius 3 is 2.42 bits per heavy atom. The maximum absolute atomic E-state index is 13.4. The Balaban J connectivity index is 1.87. The summed E-state index contributed by atoms with van der Waals surface area (Å²) in [6.45, 7) is 0.171. The molecule has 24 heavy (non-hydrogen) atoms. The van der Waals surface area contributed by atoms with Gasteiger partial charge in [-0.15, -0.1) is 13.2 Å². The zero-order valence-corrected chi connectivity index (χ0v) is 12.7. The largest absolute Gasteiger partial charge is 0.573 e. The predicted molar refractivity (Wildman–Crippen MR) is 80.8 cm³/mol. The fourth-order valence-corrected chi connectivity index (χ4v) is 2.72. The van der Waals surface area contributed by atoms with Crippen LogP contribution in [-0.4, -0.2) is 16.0 Å². The summed E-state index contributed by atoms with van der Waals surface area (Å²) >= 11 is 5.93. The Hall–Kier alpha value is -2.41. The Bertz CT molecular complexity index is 888. The minimum Gasteiger partial charge on any atom is -0.494 e.